The van der Waals surface area contributed by atoms with Crippen LogP contribution in [0.1, 0.15) is 21.5 Å². The van der Waals surface area contributed by atoms with E-state index >= 15 is 0 Å². The maximum Gasteiger partial charge on any atom is 0.416 e. The maximum absolute atomic E-state index is 13.6. The number of carboxylic acid groups (broad SMARTS) is 1. The summed E-state index contributed by atoms with van der Waals surface area (Å²) >= 11 is 0. The van der Waals surface area contributed by atoms with Crippen LogP contribution in [0.4, 0.5) is 24.8 Å². The second-order valence-electron chi connectivity index (χ2n) is 7.42. The van der Waals surface area contributed by atoms with Crippen molar-refractivity contribution in [3.63, 3.8) is 0 Å². The van der Waals surface area contributed by atoms with Gasteiger partial charge in [0.2, 0.25) is 5.95 Å². The topological polar surface area (TPSA) is 67.6 Å². The number of carbonyl (C=O) groups is 1. The van der Waals surface area contributed by atoms with E-state index in [0.29, 0.717) is 22.7 Å². The van der Waals surface area contributed by atoms with E-state index in [-0.39, 0.29) is 17.7 Å². The number of anilines is 2. The summed E-state index contributed by atoms with van der Waals surface area (Å²) in [4.78, 5) is 17.7. The molecule has 0 radical (unpaired) electrons. The summed E-state index contributed by atoms with van der Waals surface area (Å²) in [6, 6.07) is 16.9. The predicted octanol–water partition coefficient (Wildman–Crippen LogP) is 5.58. The van der Waals surface area contributed by atoms with Gasteiger partial charge >= 0.3 is 12.1 Å². The molecule has 0 aliphatic heterocycles. The van der Waals surface area contributed by atoms with Crippen molar-refractivity contribution in [2.45, 2.75) is 12.7 Å². The van der Waals surface area contributed by atoms with Crippen LogP contribution in [0.15, 0.2) is 66.7 Å². The second kappa shape index (κ2) is 8.50. The van der Waals surface area contributed by atoms with E-state index in [1.165, 1.54) is 24.3 Å². The van der Waals surface area contributed by atoms with Crippen molar-refractivity contribution in [3.05, 3.63) is 83.4 Å². The highest BCUT2D eigenvalue weighted by atomic mass is 19.4. The first-order valence-electron chi connectivity index (χ1n) is 9.95. The smallest absolute Gasteiger partial charge is 0.416 e. The molecule has 0 saturated carbocycles. The zero-order valence-electron chi connectivity index (χ0n) is 17.8. The highest BCUT2D eigenvalue weighted by molar-refractivity contribution is 5.93. The largest absolute Gasteiger partial charge is 0.497 e. The van der Waals surface area contributed by atoms with Gasteiger partial charge in [0.15, 0.2) is 0 Å². The lowest BCUT2D eigenvalue weighted by molar-refractivity contribution is -0.138. The Morgan fingerprint density at radius 2 is 1.79 bits per heavy atom. The Balaban J connectivity index is 1.87. The van der Waals surface area contributed by atoms with Crippen molar-refractivity contribution >= 4 is 28.6 Å². The third kappa shape index (κ3) is 4.34. The lowest BCUT2D eigenvalue weighted by Crippen LogP contribution is -2.18. The first-order valence-corrected chi connectivity index (χ1v) is 9.95. The van der Waals surface area contributed by atoms with Gasteiger partial charge in [-0.15, -0.1) is 0 Å². The molecule has 170 valence electrons. The average Bonchev–Trinajstić information content (AvgIpc) is 3.15. The van der Waals surface area contributed by atoms with Crippen LogP contribution < -0.4 is 9.64 Å². The molecule has 0 aliphatic rings. The zero-order valence-corrected chi connectivity index (χ0v) is 17.8. The molecule has 0 spiro atoms. The molecule has 0 atom stereocenters. The van der Waals surface area contributed by atoms with Crippen molar-refractivity contribution in [1.29, 1.82) is 0 Å². The van der Waals surface area contributed by atoms with Crippen LogP contribution in [0.5, 0.6) is 5.75 Å². The van der Waals surface area contributed by atoms with E-state index < -0.39 is 17.7 Å². The van der Waals surface area contributed by atoms with Crippen LogP contribution in [-0.4, -0.2) is 34.8 Å². The average molecular weight is 455 g/mol. The summed E-state index contributed by atoms with van der Waals surface area (Å²) in [5.41, 5.74) is 1.02. The lowest BCUT2D eigenvalue weighted by Gasteiger charge is -2.21. The molecule has 0 aliphatic carbocycles. The molecule has 1 aromatic heterocycles. The molecule has 6 nitrogen and oxygen atoms in total. The monoisotopic (exact) mass is 455 g/mol. The normalized spacial score (nSPS) is 11.5. The van der Waals surface area contributed by atoms with Gasteiger partial charge in [0.1, 0.15) is 5.75 Å². The molecule has 9 heteroatoms. The number of aromatic carboxylic acids is 1. The molecule has 4 aromatic rings. The minimum absolute atomic E-state index is 0.0430. The van der Waals surface area contributed by atoms with Gasteiger partial charge in [-0.25, -0.2) is 9.78 Å². The standard InChI is InChI=1S/C24H20F3N3O3/c1-29(17-8-10-18(33-2)11-9-17)23-28-20-13-15(22(31)32)7-12-21(20)30(23)14-16-5-3-4-6-19(16)24(25,26)27/h3-13H,14H2,1-2H3,(H,31,32). The van der Waals surface area contributed by atoms with Crippen molar-refractivity contribution in [2.75, 3.05) is 19.1 Å². The van der Waals surface area contributed by atoms with Gasteiger partial charge in [-0.05, 0) is 54.1 Å². The van der Waals surface area contributed by atoms with Crippen LogP contribution in [0, 0.1) is 0 Å². The number of rotatable bonds is 6. The molecule has 3 aromatic carbocycles. The van der Waals surface area contributed by atoms with Gasteiger partial charge < -0.3 is 19.3 Å². The minimum Gasteiger partial charge on any atom is -0.497 e. The fourth-order valence-corrected chi connectivity index (χ4v) is 3.69. The molecule has 0 saturated heterocycles. The first kappa shape index (κ1) is 22.2. The number of imidazole rings is 1. The Hall–Kier alpha value is -4.01. The molecule has 33 heavy (non-hydrogen) atoms. The number of alkyl halides is 3. The van der Waals surface area contributed by atoms with E-state index in [1.807, 2.05) is 0 Å². The first-order chi connectivity index (χ1) is 15.7. The molecular formula is C24H20F3N3O3. The Labute approximate surface area is 187 Å². The Morgan fingerprint density at radius 3 is 2.42 bits per heavy atom. The Kier molecular flexibility index (Phi) is 5.71. The summed E-state index contributed by atoms with van der Waals surface area (Å²) in [5, 5.41) is 9.34. The van der Waals surface area contributed by atoms with Crippen LogP contribution in [0.2, 0.25) is 0 Å². The number of methoxy groups -OCH3 is 1. The molecule has 1 heterocycles. The summed E-state index contributed by atoms with van der Waals surface area (Å²) in [6.07, 6.45) is -4.51. The van der Waals surface area contributed by atoms with Gasteiger partial charge in [-0.3, -0.25) is 0 Å². The molecule has 4 rings (SSSR count). The fraction of sp³-hybridized carbons (Fsp3) is 0.167. The fourth-order valence-electron chi connectivity index (χ4n) is 3.69. The molecule has 1 N–H and O–H groups in total. The lowest BCUT2D eigenvalue weighted by atomic mass is 10.1. The van der Waals surface area contributed by atoms with Crippen molar-refractivity contribution < 1.29 is 27.8 Å². The third-order valence-corrected chi connectivity index (χ3v) is 5.39. The number of benzene rings is 3. The van der Waals surface area contributed by atoms with Crippen molar-refractivity contribution in [2.24, 2.45) is 0 Å². The summed E-state index contributed by atoms with van der Waals surface area (Å²) in [6.45, 7) is -0.103. The molecule has 0 amide bonds. The quantitative estimate of drug-likeness (QED) is 0.411. The number of aromatic nitrogens is 2. The summed E-state index contributed by atoms with van der Waals surface area (Å²) in [7, 11) is 3.30. The second-order valence-corrected chi connectivity index (χ2v) is 7.42. The van der Waals surface area contributed by atoms with Crippen LogP contribution in [0.3, 0.4) is 0 Å². The Morgan fingerprint density at radius 1 is 1.09 bits per heavy atom. The molecule has 0 unspecified atom stereocenters. The van der Waals surface area contributed by atoms with Crippen molar-refractivity contribution in [1.82, 2.24) is 9.55 Å². The number of carboxylic acids is 1. The minimum atomic E-state index is -4.51. The molecule has 0 bridgehead atoms. The van der Waals surface area contributed by atoms with Crippen LogP contribution in [0.25, 0.3) is 11.0 Å². The SMILES string of the molecule is COc1ccc(N(C)c2nc3cc(C(=O)O)ccc3n2Cc2ccccc2C(F)(F)F)cc1. The van der Waals surface area contributed by atoms with Gasteiger partial charge in [-0.2, -0.15) is 13.2 Å². The van der Waals surface area contributed by atoms with Gasteiger partial charge in [0, 0.05) is 12.7 Å². The van der Waals surface area contributed by atoms with Crippen LogP contribution in [-0.2, 0) is 12.7 Å². The van der Waals surface area contributed by atoms with E-state index in [9.17, 15) is 23.1 Å². The van der Waals surface area contributed by atoms with Gasteiger partial charge in [0.05, 0.1) is 35.8 Å². The van der Waals surface area contributed by atoms with Gasteiger partial charge in [0.25, 0.3) is 0 Å². The molecule has 0 fully saturated rings. The number of hydrogen-bond acceptors (Lipinski definition) is 4. The summed E-state index contributed by atoms with van der Waals surface area (Å²) in [5.74, 6) is -0.0838. The number of halogens is 3. The number of hydrogen-bond donors (Lipinski definition) is 1. The predicted molar refractivity (Wildman–Crippen MR) is 118 cm³/mol. The van der Waals surface area contributed by atoms with E-state index in [1.54, 1.807) is 60.0 Å². The van der Waals surface area contributed by atoms with E-state index in [4.69, 9.17) is 4.74 Å². The number of nitrogens with zero attached hydrogens (tertiary/aromatic N) is 3. The zero-order chi connectivity index (χ0) is 23.8. The maximum atomic E-state index is 13.6. The highest BCUT2D eigenvalue weighted by Crippen LogP contribution is 2.35. The van der Waals surface area contributed by atoms with E-state index in [0.717, 1.165) is 11.8 Å². The van der Waals surface area contributed by atoms with Gasteiger partial charge in [-0.1, -0.05) is 18.2 Å². The number of fused-ring (bicyclic) bond motifs is 1. The summed E-state index contributed by atoms with van der Waals surface area (Å²) < 4.78 is 47.7. The van der Waals surface area contributed by atoms with E-state index in [2.05, 4.69) is 4.98 Å². The number of ether oxygens (including phenoxy) is 1. The van der Waals surface area contributed by atoms with Crippen molar-refractivity contribution in [3.8, 4) is 5.75 Å². The Bertz CT molecular complexity index is 1310. The highest BCUT2D eigenvalue weighted by Gasteiger charge is 2.33. The van der Waals surface area contributed by atoms with Crippen LogP contribution >= 0.6 is 0 Å². The third-order valence-electron chi connectivity index (χ3n) is 5.39. The molecular weight excluding hydrogens is 435 g/mol.